The van der Waals surface area contributed by atoms with Crippen LogP contribution in [-0.2, 0) is 16.1 Å². The predicted octanol–water partition coefficient (Wildman–Crippen LogP) is 5.00. The highest BCUT2D eigenvalue weighted by Gasteiger charge is 2.10. The number of esters is 1. The van der Waals surface area contributed by atoms with Gasteiger partial charge in [0.15, 0.2) is 0 Å². The SMILES string of the molecule is CCOc1ccc(NC(=O)C(C#N)=Cc2cccc(OCc3ccc(C(=O)OC)cc3)c2)cc1. The molecule has 0 fully saturated rings. The van der Waals surface area contributed by atoms with Crippen molar-refractivity contribution in [3.8, 4) is 17.6 Å². The molecule has 1 amide bonds. The summed E-state index contributed by atoms with van der Waals surface area (Å²) in [5, 5.41) is 12.2. The maximum Gasteiger partial charge on any atom is 0.337 e. The lowest BCUT2D eigenvalue weighted by Crippen LogP contribution is -2.13. The number of amides is 1. The fraction of sp³-hybridized carbons (Fsp3) is 0.148. The Labute approximate surface area is 198 Å². The van der Waals surface area contributed by atoms with Gasteiger partial charge in [-0.15, -0.1) is 0 Å². The summed E-state index contributed by atoms with van der Waals surface area (Å²) in [5.41, 5.74) is 2.51. The zero-order valence-electron chi connectivity index (χ0n) is 18.9. The van der Waals surface area contributed by atoms with Gasteiger partial charge in [-0.3, -0.25) is 4.79 Å². The number of carbonyl (C=O) groups excluding carboxylic acids is 2. The first-order valence-electron chi connectivity index (χ1n) is 10.6. The van der Waals surface area contributed by atoms with Gasteiger partial charge < -0.3 is 19.5 Å². The van der Waals surface area contributed by atoms with Crippen molar-refractivity contribution in [1.29, 1.82) is 5.26 Å². The van der Waals surface area contributed by atoms with Crippen molar-refractivity contribution in [2.24, 2.45) is 0 Å². The number of methoxy groups -OCH3 is 1. The number of nitrogens with zero attached hydrogens (tertiary/aromatic N) is 1. The van der Waals surface area contributed by atoms with Gasteiger partial charge in [-0.05, 0) is 72.7 Å². The minimum absolute atomic E-state index is 0.0376. The third kappa shape index (κ3) is 6.71. The summed E-state index contributed by atoms with van der Waals surface area (Å²) < 4.78 is 15.9. The van der Waals surface area contributed by atoms with Crippen LogP contribution in [0.4, 0.5) is 5.69 Å². The zero-order valence-corrected chi connectivity index (χ0v) is 18.9. The van der Waals surface area contributed by atoms with Crippen LogP contribution in [0.15, 0.2) is 78.4 Å². The second-order valence-corrected chi connectivity index (χ2v) is 7.13. The first-order valence-corrected chi connectivity index (χ1v) is 10.6. The number of hydrogen-bond acceptors (Lipinski definition) is 6. The smallest absolute Gasteiger partial charge is 0.337 e. The number of hydrogen-bond donors (Lipinski definition) is 1. The van der Waals surface area contributed by atoms with Crippen molar-refractivity contribution < 1.29 is 23.8 Å². The molecule has 0 aromatic heterocycles. The van der Waals surface area contributed by atoms with E-state index in [1.54, 1.807) is 72.8 Å². The molecule has 3 rings (SSSR count). The standard InChI is InChI=1S/C27H24N2O5/c1-3-33-24-13-11-23(12-14-24)29-26(30)22(17-28)15-20-5-4-6-25(16-20)34-18-19-7-9-21(10-8-19)27(31)32-2/h4-16H,3,18H2,1-2H3,(H,29,30). The predicted molar refractivity (Wildman–Crippen MR) is 128 cm³/mol. The lowest BCUT2D eigenvalue weighted by atomic mass is 10.1. The third-order valence-electron chi connectivity index (χ3n) is 4.74. The van der Waals surface area contributed by atoms with Gasteiger partial charge in [-0.2, -0.15) is 5.26 Å². The summed E-state index contributed by atoms with van der Waals surface area (Å²) in [6.45, 7) is 2.74. The molecule has 0 aliphatic heterocycles. The van der Waals surface area contributed by atoms with Crippen LogP contribution in [0.25, 0.3) is 6.08 Å². The van der Waals surface area contributed by atoms with E-state index in [1.165, 1.54) is 13.2 Å². The Balaban J connectivity index is 1.64. The molecule has 1 N–H and O–H groups in total. The van der Waals surface area contributed by atoms with E-state index in [2.05, 4.69) is 5.32 Å². The van der Waals surface area contributed by atoms with Crippen molar-refractivity contribution in [1.82, 2.24) is 0 Å². The molecule has 0 radical (unpaired) electrons. The highest BCUT2D eigenvalue weighted by molar-refractivity contribution is 6.09. The van der Waals surface area contributed by atoms with Crippen LogP contribution in [0.3, 0.4) is 0 Å². The Morgan fingerprint density at radius 2 is 1.71 bits per heavy atom. The zero-order chi connectivity index (χ0) is 24.3. The molecule has 3 aromatic carbocycles. The maximum atomic E-state index is 12.6. The summed E-state index contributed by atoms with van der Waals surface area (Å²) in [7, 11) is 1.34. The lowest BCUT2D eigenvalue weighted by Gasteiger charge is -2.08. The van der Waals surface area contributed by atoms with Crippen LogP contribution >= 0.6 is 0 Å². The molecule has 0 aliphatic rings. The molecule has 7 heteroatoms. The molecule has 0 atom stereocenters. The molecule has 34 heavy (non-hydrogen) atoms. The minimum atomic E-state index is -0.510. The Morgan fingerprint density at radius 3 is 2.35 bits per heavy atom. The number of rotatable bonds is 9. The van der Waals surface area contributed by atoms with Crippen molar-refractivity contribution >= 4 is 23.6 Å². The van der Waals surface area contributed by atoms with E-state index in [4.69, 9.17) is 14.2 Å². The molecule has 172 valence electrons. The number of ether oxygens (including phenoxy) is 3. The molecule has 3 aromatic rings. The third-order valence-corrected chi connectivity index (χ3v) is 4.74. The van der Waals surface area contributed by atoms with Crippen LogP contribution in [-0.4, -0.2) is 25.6 Å². The van der Waals surface area contributed by atoms with E-state index in [1.807, 2.05) is 13.0 Å². The van der Waals surface area contributed by atoms with Gasteiger partial charge in [0.25, 0.3) is 5.91 Å². The summed E-state index contributed by atoms with van der Waals surface area (Å²) in [5.74, 6) is 0.373. The van der Waals surface area contributed by atoms with E-state index in [0.29, 0.717) is 34.9 Å². The van der Waals surface area contributed by atoms with Gasteiger partial charge in [0.1, 0.15) is 29.7 Å². The molecule has 0 spiro atoms. The molecule has 0 heterocycles. The Morgan fingerprint density at radius 1 is 0.971 bits per heavy atom. The van der Waals surface area contributed by atoms with Crippen LogP contribution < -0.4 is 14.8 Å². The fourth-order valence-electron chi connectivity index (χ4n) is 3.03. The molecule has 0 unspecified atom stereocenters. The average Bonchev–Trinajstić information content (AvgIpc) is 2.87. The van der Waals surface area contributed by atoms with Crippen molar-refractivity contribution in [3.05, 3.63) is 95.1 Å². The highest BCUT2D eigenvalue weighted by atomic mass is 16.5. The number of nitrogens with one attached hydrogen (secondary N) is 1. The van der Waals surface area contributed by atoms with E-state index in [0.717, 1.165) is 5.56 Å². The molecule has 0 bridgehead atoms. The molecular weight excluding hydrogens is 432 g/mol. The van der Waals surface area contributed by atoms with Crippen LogP contribution in [0, 0.1) is 11.3 Å². The average molecular weight is 456 g/mol. The van der Waals surface area contributed by atoms with Gasteiger partial charge in [0.05, 0.1) is 19.3 Å². The Hall–Kier alpha value is -4.57. The monoisotopic (exact) mass is 456 g/mol. The van der Waals surface area contributed by atoms with E-state index in [9.17, 15) is 14.9 Å². The van der Waals surface area contributed by atoms with Crippen molar-refractivity contribution in [2.45, 2.75) is 13.5 Å². The molecule has 0 saturated heterocycles. The minimum Gasteiger partial charge on any atom is -0.494 e. The van der Waals surface area contributed by atoms with E-state index < -0.39 is 11.9 Å². The Bertz CT molecular complexity index is 1210. The number of nitriles is 1. The molecule has 7 nitrogen and oxygen atoms in total. The number of benzene rings is 3. The number of carbonyl (C=O) groups is 2. The molecule has 0 aliphatic carbocycles. The number of anilines is 1. The van der Waals surface area contributed by atoms with E-state index >= 15 is 0 Å². The normalized spacial score (nSPS) is 10.7. The topological polar surface area (TPSA) is 97.6 Å². The summed E-state index contributed by atoms with van der Waals surface area (Å²) in [6.07, 6.45) is 1.50. The van der Waals surface area contributed by atoms with Crippen LogP contribution in [0.2, 0.25) is 0 Å². The molecular formula is C27H24N2O5. The second kappa shape index (κ2) is 11.9. The van der Waals surface area contributed by atoms with Gasteiger partial charge in [-0.25, -0.2) is 4.79 Å². The van der Waals surface area contributed by atoms with Gasteiger partial charge in [0, 0.05) is 5.69 Å². The largest absolute Gasteiger partial charge is 0.494 e. The highest BCUT2D eigenvalue weighted by Crippen LogP contribution is 2.19. The quantitative estimate of drug-likeness (QED) is 0.277. The van der Waals surface area contributed by atoms with Gasteiger partial charge >= 0.3 is 5.97 Å². The first-order chi connectivity index (χ1) is 16.5. The second-order valence-electron chi connectivity index (χ2n) is 7.13. The van der Waals surface area contributed by atoms with E-state index in [-0.39, 0.29) is 12.2 Å². The molecule has 0 saturated carbocycles. The van der Waals surface area contributed by atoms with Gasteiger partial charge in [-0.1, -0.05) is 24.3 Å². The van der Waals surface area contributed by atoms with Gasteiger partial charge in [0.2, 0.25) is 0 Å². The van der Waals surface area contributed by atoms with Crippen LogP contribution in [0.1, 0.15) is 28.4 Å². The maximum absolute atomic E-state index is 12.6. The fourth-order valence-corrected chi connectivity index (χ4v) is 3.03. The van der Waals surface area contributed by atoms with Crippen LogP contribution in [0.5, 0.6) is 11.5 Å². The van der Waals surface area contributed by atoms with Crippen molar-refractivity contribution in [2.75, 3.05) is 19.0 Å². The summed E-state index contributed by atoms with van der Waals surface area (Å²) in [4.78, 5) is 24.1. The first kappa shape index (κ1) is 24.1. The Kier molecular flexibility index (Phi) is 8.42. The van der Waals surface area contributed by atoms with Crippen molar-refractivity contribution in [3.63, 3.8) is 0 Å². The summed E-state index contributed by atoms with van der Waals surface area (Å²) >= 11 is 0. The summed E-state index contributed by atoms with van der Waals surface area (Å²) in [6, 6.07) is 22.9. The lowest BCUT2D eigenvalue weighted by molar-refractivity contribution is -0.112.